The molecule has 0 saturated heterocycles. The second-order valence-corrected chi connectivity index (χ2v) is 6.58. The van der Waals surface area contributed by atoms with Crippen LogP contribution in [-0.2, 0) is 0 Å². The minimum absolute atomic E-state index is 0.0847. The molecule has 0 atom stereocenters. The van der Waals surface area contributed by atoms with Crippen LogP contribution in [0.2, 0.25) is 0 Å². The smallest absolute Gasteiger partial charge is 0.251 e. The first-order chi connectivity index (χ1) is 9.93. The molecule has 1 aliphatic carbocycles. The number of aryl methyl sites for hydroxylation is 2. The molecule has 0 bridgehead atoms. The van der Waals surface area contributed by atoms with Crippen LogP contribution in [0, 0.1) is 19.8 Å². The Labute approximate surface area is 127 Å². The highest BCUT2D eigenvalue weighted by Gasteiger charge is 2.32. The molecule has 1 fully saturated rings. The van der Waals surface area contributed by atoms with Crippen LogP contribution in [0.25, 0.3) is 0 Å². The van der Waals surface area contributed by atoms with Gasteiger partial charge in [-0.1, -0.05) is 31.0 Å². The number of benzene rings is 1. The van der Waals surface area contributed by atoms with Gasteiger partial charge in [0.15, 0.2) is 0 Å². The lowest BCUT2D eigenvalue weighted by Crippen LogP contribution is -2.45. The van der Waals surface area contributed by atoms with Crippen LogP contribution in [0.15, 0.2) is 18.2 Å². The van der Waals surface area contributed by atoms with Crippen LogP contribution in [0.3, 0.4) is 0 Å². The summed E-state index contributed by atoms with van der Waals surface area (Å²) in [5.41, 5.74) is 2.11. The fourth-order valence-electron chi connectivity index (χ4n) is 3.21. The van der Waals surface area contributed by atoms with Crippen molar-refractivity contribution in [3.05, 3.63) is 34.9 Å². The Kier molecular flexibility index (Phi) is 5.04. The third-order valence-electron chi connectivity index (χ3n) is 4.82. The Morgan fingerprint density at radius 3 is 2.57 bits per heavy atom. The molecular formula is C18H27NO2. The van der Waals surface area contributed by atoms with E-state index in [1.54, 1.807) is 0 Å². The summed E-state index contributed by atoms with van der Waals surface area (Å²) >= 11 is 0. The predicted octanol–water partition coefficient (Wildman–Crippen LogP) is 3.36. The normalized spacial score (nSPS) is 25.6. The summed E-state index contributed by atoms with van der Waals surface area (Å²) in [6, 6.07) is 5.82. The number of carbonyl (C=O) groups is 1. The van der Waals surface area contributed by atoms with E-state index in [0.29, 0.717) is 12.1 Å². The van der Waals surface area contributed by atoms with Gasteiger partial charge < -0.3 is 10.4 Å². The molecule has 0 aromatic heterocycles. The Hall–Kier alpha value is -1.35. The van der Waals surface area contributed by atoms with E-state index in [1.165, 1.54) is 6.42 Å². The molecule has 1 amide bonds. The highest BCUT2D eigenvalue weighted by molar-refractivity contribution is 5.95. The topological polar surface area (TPSA) is 49.3 Å². The van der Waals surface area contributed by atoms with Crippen molar-refractivity contribution in [1.29, 1.82) is 0 Å². The van der Waals surface area contributed by atoms with E-state index >= 15 is 0 Å². The van der Waals surface area contributed by atoms with Crippen LogP contribution in [0.5, 0.6) is 0 Å². The Bertz CT molecular complexity index is 502. The zero-order valence-electron chi connectivity index (χ0n) is 13.4. The number of nitrogens with one attached hydrogen (secondary N) is 1. The second kappa shape index (κ2) is 6.61. The minimum atomic E-state index is -0.722. The van der Waals surface area contributed by atoms with Gasteiger partial charge in [0, 0.05) is 12.1 Å². The molecule has 0 unspecified atom stereocenters. The van der Waals surface area contributed by atoms with Gasteiger partial charge in [0.2, 0.25) is 0 Å². The maximum atomic E-state index is 12.3. The molecule has 3 nitrogen and oxygen atoms in total. The lowest BCUT2D eigenvalue weighted by Gasteiger charge is -2.35. The first-order valence-corrected chi connectivity index (χ1v) is 8.01. The van der Waals surface area contributed by atoms with Crippen molar-refractivity contribution in [3.63, 3.8) is 0 Å². The summed E-state index contributed by atoms with van der Waals surface area (Å²) in [7, 11) is 0. The first kappa shape index (κ1) is 16.0. The van der Waals surface area contributed by atoms with Crippen molar-refractivity contribution in [1.82, 2.24) is 5.32 Å². The zero-order chi connectivity index (χ0) is 15.5. The number of hydrogen-bond donors (Lipinski definition) is 2. The van der Waals surface area contributed by atoms with Gasteiger partial charge in [-0.25, -0.2) is 0 Å². The van der Waals surface area contributed by atoms with Crippen molar-refractivity contribution >= 4 is 5.91 Å². The minimum Gasteiger partial charge on any atom is -0.388 e. The van der Waals surface area contributed by atoms with Gasteiger partial charge in [-0.2, -0.15) is 0 Å². The first-order valence-electron chi connectivity index (χ1n) is 8.01. The average Bonchev–Trinajstić information content (AvgIpc) is 2.46. The predicted molar refractivity (Wildman–Crippen MR) is 85.4 cm³/mol. The number of aliphatic hydroxyl groups is 1. The van der Waals surface area contributed by atoms with Crippen molar-refractivity contribution in [3.8, 4) is 0 Å². The van der Waals surface area contributed by atoms with Gasteiger partial charge in [-0.15, -0.1) is 0 Å². The van der Waals surface area contributed by atoms with Crippen LogP contribution in [0.1, 0.15) is 60.5 Å². The summed E-state index contributed by atoms with van der Waals surface area (Å²) in [6.45, 7) is 6.53. The highest BCUT2D eigenvalue weighted by Crippen LogP contribution is 2.33. The number of amides is 1. The molecule has 2 N–H and O–H groups in total. The average molecular weight is 289 g/mol. The molecule has 1 aliphatic rings. The summed E-state index contributed by atoms with van der Waals surface area (Å²) < 4.78 is 0. The van der Waals surface area contributed by atoms with Crippen molar-refractivity contribution in [2.24, 2.45) is 5.92 Å². The van der Waals surface area contributed by atoms with Crippen LogP contribution in [0.4, 0.5) is 0 Å². The third kappa shape index (κ3) is 4.07. The zero-order valence-corrected chi connectivity index (χ0v) is 13.4. The number of carbonyl (C=O) groups excluding carboxylic acids is 1. The van der Waals surface area contributed by atoms with Gasteiger partial charge in [0.1, 0.15) is 0 Å². The Morgan fingerprint density at radius 2 is 2.00 bits per heavy atom. The molecule has 116 valence electrons. The number of hydrogen-bond acceptors (Lipinski definition) is 2. The van der Waals surface area contributed by atoms with Gasteiger partial charge in [-0.05, 0) is 57.1 Å². The van der Waals surface area contributed by atoms with Crippen molar-refractivity contribution in [2.45, 2.75) is 58.5 Å². The lowest BCUT2D eigenvalue weighted by molar-refractivity contribution is -0.00787. The lowest BCUT2D eigenvalue weighted by atomic mass is 9.78. The Morgan fingerprint density at radius 1 is 1.33 bits per heavy atom. The van der Waals surface area contributed by atoms with E-state index in [-0.39, 0.29) is 5.91 Å². The molecule has 3 heteroatoms. The summed E-state index contributed by atoms with van der Waals surface area (Å²) in [6.07, 6.45) is 4.89. The van der Waals surface area contributed by atoms with E-state index in [2.05, 4.69) is 12.2 Å². The Balaban J connectivity index is 1.92. The molecular weight excluding hydrogens is 262 g/mol. The molecule has 0 radical (unpaired) electrons. The summed E-state index contributed by atoms with van der Waals surface area (Å²) in [4.78, 5) is 12.3. The SMILES string of the molecule is CCC1CCC(O)(CNC(=O)c2ccc(C)cc2C)CC1. The van der Waals surface area contributed by atoms with Crippen LogP contribution in [-0.4, -0.2) is 23.2 Å². The maximum Gasteiger partial charge on any atom is 0.251 e. The molecule has 21 heavy (non-hydrogen) atoms. The van der Waals surface area contributed by atoms with Crippen LogP contribution < -0.4 is 5.32 Å². The molecule has 2 rings (SSSR count). The van der Waals surface area contributed by atoms with Crippen molar-refractivity contribution in [2.75, 3.05) is 6.54 Å². The van der Waals surface area contributed by atoms with Crippen molar-refractivity contribution < 1.29 is 9.90 Å². The van der Waals surface area contributed by atoms with Gasteiger partial charge in [0.05, 0.1) is 5.60 Å². The number of rotatable bonds is 4. The maximum absolute atomic E-state index is 12.3. The van der Waals surface area contributed by atoms with E-state index in [9.17, 15) is 9.90 Å². The van der Waals surface area contributed by atoms with Crippen LogP contribution >= 0.6 is 0 Å². The second-order valence-electron chi connectivity index (χ2n) is 6.58. The van der Waals surface area contributed by atoms with E-state index in [0.717, 1.165) is 42.7 Å². The quantitative estimate of drug-likeness (QED) is 0.893. The molecule has 1 saturated carbocycles. The van der Waals surface area contributed by atoms with E-state index < -0.39 is 5.60 Å². The summed E-state index contributed by atoms with van der Waals surface area (Å²) in [5, 5.41) is 13.5. The molecule has 0 heterocycles. The highest BCUT2D eigenvalue weighted by atomic mass is 16.3. The fraction of sp³-hybridized carbons (Fsp3) is 0.611. The standard InChI is InChI=1S/C18H27NO2/c1-4-15-7-9-18(21,10-8-15)12-19-17(20)16-6-5-13(2)11-14(16)3/h5-6,11,15,21H,4,7-10,12H2,1-3H3,(H,19,20). The summed E-state index contributed by atoms with van der Waals surface area (Å²) in [5.74, 6) is 0.652. The molecule has 1 aromatic carbocycles. The van der Waals surface area contributed by atoms with E-state index in [4.69, 9.17) is 0 Å². The largest absolute Gasteiger partial charge is 0.388 e. The van der Waals surface area contributed by atoms with Gasteiger partial charge in [-0.3, -0.25) is 4.79 Å². The molecule has 1 aromatic rings. The fourth-order valence-corrected chi connectivity index (χ4v) is 3.21. The molecule has 0 aliphatic heterocycles. The molecule has 0 spiro atoms. The monoisotopic (exact) mass is 289 g/mol. The van der Waals surface area contributed by atoms with Gasteiger partial charge >= 0.3 is 0 Å². The van der Waals surface area contributed by atoms with Gasteiger partial charge in [0.25, 0.3) is 5.91 Å². The van der Waals surface area contributed by atoms with E-state index in [1.807, 2.05) is 32.0 Å². The third-order valence-corrected chi connectivity index (χ3v) is 4.82.